The van der Waals surface area contributed by atoms with E-state index in [4.69, 9.17) is 4.74 Å². The molecule has 2 aliphatic carbocycles. The first-order valence-corrected chi connectivity index (χ1v) is 9.31. The Morgan fingerprint density at radius 3 is 2.15 bits per heavy atom. The number of hydrogen-bond donors (Lipinski definition) is 1. The average Bonchev–Trinajstić information content (AvgIpc) is 2.68. The topological polar surface area (TPSA) is 55.4 Å². The number of aryl methyl sites for hydroxylation is 2. The minimum Gasteiger partial charge on any atom is -0.465 e. The van der Waals surface area contributed by atoms with E-state index in [1.165, 1.54) is 49.5 Å². The van der Waals surface area contributed by atoms with Crippen molar-refractivity contribution in [1.29, 1.82) is 0 Å². The van der Waals surface area contributed by atoms with Crippen molar-refractivity contribution in [2.75, 3.05) is 12.4 Å². The average molecular weight is 349 g/mol. The number of anilines is 1. The molecule has 0 saturated heterocycles. The highest BCUT2D eigenvalue weighted by molar-refractivity contribution is 6.04. The third kappa shape index (κ3) is 3.12. The standard InChI is InChI=1S/C22H23NO3/c1-26-22(25)15-8-10-19(11-9-15)23-21(24)18-12-16-6-2-4-14-5-3-7-17(13-18)20(14)16/h8-14H,2-7H2,1H3,(H,23,24). The molecule has 0 aliphatic heterocycles. The Balaban J connectivity index is 1.56. The van der Waals surface area contributed by atoms with Gasteiger partial charge in [-0.15, -0.1) is 0 Å². The molecule has 0 heterocycles. The number of methoxy groups -OCH3 is 1. The van der Waals surface area contributed by atoms with Gasteiger partial charge >= 0.3 is 5.97 Å². The van der Waals surface area contributed by atoms with E-state index in [1.54, 1.807) is 24.3 Å². The molecule has 0 unspecified atom stereocenters. The predicted octanol–water partition coefficient (Wildman–Crippen LogP) is 4.48. The van der Waals surface area contributed by atoms with E-state index in [9.17, 15) is 9.59 Å². The second-order valence-corrected chi connectivity index (χ2v) is 7.21. The molecule has 2 aromatic carbocycles. The molecule has 4 rings (SSSR count). The van der Waals surface area contributed by atoms with Gasteiger partial charge in [0.05, 0.1) is 12.7 Å². The van der Waals surface area contributed by atoms with Crippen LogP contribution in [0.15, 0.2) is 36.4 Å². The van der Waals surface area contributed by atoms with Crippen molar-refractivity contribution in [3.05, 3.63) is 64.2 Å². The summed E-state index contributed by atoms with van der Waals surface area (Å²) in [6.07, 6.45) is 7.17. The molecule has 26 heavy (non-hydrogen) atoms. The lowest BCUT2D eigenvalue weighted by Crippen LogP contribution is -2.20. The molecular weight excluding hydrogens is 326 g/mol. The van der Waals surface area contributed by atoms with E-state index in [-0.39, 0.29) is 11.9 Å². The predicted molar refractivity (Wildman–Crippen MR) is 101 cm³/mol. The zero-order valence-corrected chi connectivity index (χ0v) is 15.0. The summed E-state index contributed by atoms with van der Waals surface area (Å²) >= 11 is 0. The molecule has 0 spiro atoms. The molecule has 2 aromatic rings. The van der Waals surface area contributed by atoms with Crippen molar-refractivity contribution in [2.45, 2.75) is 44.4 Å². The van der Waals surface area contributed by atoms with E-state index >= 15 is 0 Å². The highest BCUT2D eigenvalue weighted by atomic mass is 16.5. The van der Waals surface area contributed by atoms with Crippen molar-refractivity contribution in [3.8, 4) is 0 Å². The zero-order valence-electron chi connectivity index (χ0n) is 15.0. The molecule has 134 valence electrons. The van der Waals surface area contributed by atoms with Crippen LogP contribution in [0.2, 0.25) is 0 Å². The summed E-state index contributed by atoms with van der Waals surface area (Å²) in [5, 5.41) is 2.94. The number of esters is 1. The van der Waals surface area contributed by atoms with Gasteiger partial charge in [0.1, 0.15) is 0 Å². The van der Waals surface area contributed by atoms with Crippen molar-refractivity contribution >= 4 is 17.6 Å². The number of carbonyl (C=O) groups excluding carboxylic acids is 2. The maximum Gasteiger partial charge on any atom is 0.337 e. The fourth-order valence-corrected chi connectivity index (χ4v) is 4.37. The Kier molecular flexibility index (Phi) is 4.49. The van der Waals surface area contributed by atoms with Gasteiger partial charge in [0.15, 0.2) is 0 Å². The summed E-state index contributed by atoms with van der Waals surface area (Å²) in [4.78, 5) is 24.2. The lowest BCUT2D eigenvalue weighted by atomic mass is 9.73. The van der Waals surface area contributed by atoms with Gasteiger partial charge in [0.2, 0.25) is 0 Å². The van der Waals surface area contributed by atoms with Gasteiger partial charge in [0.25, 0.3) is 5.91 Å². The third-order valence-electron chi connectivity index (χ3n) is 5.58. The van der Waals surface area contributed by atoms with Crippen LogP contribution in [0.5, 0.6) is 0 Å². The molecule has 1 N–H and O–H groups in total. The highest BCUT2D eigenvalue weighted by Crippen LogP contribution is 2.41. The van der Waals surface area contributed by atoms with E-state index in [0.717, 1.165) is 18.4 Å². The SMILES string of the molecule is COC(=O)c1ccc(NC(=O)c2cc3c4c(c2)CCCC4CCC3)cc1. The fraction of sp³-hybridized carbons (Fsp3) is 0.364. The van der Waals surface area contributed by atoms with Gasteiger partial charge < -0.3 is 10.1 Å². The van der Waals surface area contributed by atoms with Gasteiger partial charge in [-0.3, -0.25) is 4.79 Å². The number of benzene rings is 2. The van der Waals surface area contributed by atoms with Crippen LogP contribution in [0, 0.1) is 0 Å². The van der Waals surface area contributed by atoms with Crippen LogP contribution in [0.25, 0.3) is 0 Å². The number of ether oxygens (including phenoxy) is 1. The second-order valence-electron chi connectivity index (χ2n) is 7.21. The Morgan fingerprint density at radius 2 is 1.58 bits per heavy atom. The van der Waals surface area contributed by atoms with Gasteiger partial charge in [-0.25, -0.2) is 4.79 Å². The van der Waals surface area contributed by atoms with Crippen molar-refractivity contribution in [1.82, 2.24) is 0 Å². The van der Waals surface area contributed by atoms with E-state index in [1.807, 2.05) is 0 Å². The van der Waals surface area contributed by atoms with Crippen LogP contribution in [-0.2, 0) is 17.6 Å². The van der Waals surface area contributed by atoms with Crippen LogP contribution in [0.1, 0.15) is 69.0 Å². The Hall–Kier alpha value is -2.62. The smallest absolute Gasteiger partial charge is 0.337 e. The molecule has 4 heteroatoms. The first kappa shape index (κ1) is 16.8. The molecule has 0 radical (unpaired) electrons. The van der Waals surface area contributed by atoms with Gasteiger partial charge in [-0.2, -0.15) is 0 Å². The molecular formula is C22H23NO3. The number of carbonyl (C=O) groups is 2. The molecule has 1 amide bonds. The number of nitrogens with one attached hydrogen (secondary N) is 1. The van der Waals surface area contributed by atoms with E-state index in [0.29, 0.717) is 17.2 Å². The van der Waals surface area contributed by atoms with E-state index < -0.39 is 0 Å². The summed E-state index contributed by atoms with van der Waals surface area (Å²) < 4.78 is 4.69. The summed E-state index contributed by atoms with van der Waals surface area (Å²) in [6, 6.07) is 10.9. The maximum absolute atomic E-state index is 12.7. The first-order valence-electron chi connectivity index (χ1n) is 9.31. The summed E-state index contributed by atoms with van der Waals surface area (Å²) in [5.74, 6) is 0.222. The third-order valence-corrected chi connectivity index (χ3v) is 5.58. The normalized spacial score (nSPS) is 15.9. The van der Waals surface area contributed by atoms with Crippen molar-refractivity contribution in [2.24, 2.45) is 0 Å². The Bertz CT molecular complexity index is 823. The second kappa shape index (κ2) is 6.94. The Morgan fingerprint density at radius 1 is 0.962 bits per heavy atom. The molecule has 0 atom stereocenters. The largest absolute Gasteiger partial charge is 0.465 e. The lowest BCUT2D eigenvalue weighted by Gasteiger charge is -2.32. The molecule has 0 fully saturated rings. The highest BCUT2D eigenvalue weighted by Gasteiger charge is 2.27. The summed E-state index contributed by atoms with van der Waals surface area (Å²) in [6.45, 7) is 0. The minimum absolute atomic E-state index is 0.0948. The number of amides is 1. The summed E-state index contributed by atoms with van der Waals surface area (Å²) in [5.41, 5.74) is 6.13. The van der Waals surface area contributed by atoms with Crippen molar-refractivity contribution in [3.63, 3.8) is 0 Å². The maximum atomic E-state index is 12.7. The van der Waals surface area contributed by atoms with Crippen molar-refractivity contribution < 1.29 is 14.3 Å². The van der Waals surface area contributed by atoms with E-state index in [2.05, 4.69) is 17.4 Å². The van der Waals surface area contributed by atoms with Gasteiger partial charge in [-0.1, -0.05) is 0 Å². The molecule has 4 nitrogen and oxygen atoms in total. The van der Waals surface area contributed by atoms with Crippen LogP contribution in [-0.4, -0.2) is 19.0 Å². The van der Waals surface area contributed by atoms with Gasteiger partial charge in [-0.05, 0) is 97.5 Å². The molecule has 0 saturated carbocycles. The monoisotopic (exact) mass is 349 g/mol. The molecule has 0 bridgehead atoms. The van der Waals surface area contributed by atoms with Crippen LogP contribution in [0.3, 0.4) is 0 Å². The number of hydrogen-bond acceptors (Lipinski definition) is 3. The molecule has 2 aliphatic rings. The van der Waals surface area contributed by atoms with Crippen LogP contribution < -0.4 is 5.32 Å². The van der Waals surface area contributed by atoms with Crippen LogP contribution >= 0.6 is 0 Å². The fourth-order valence-electron chi connectivity index (χ4n) is 4.37. The summed E-state index contributed by atoms with van der Waals surface area (Å²) in [7, 11) is 1.35. The molecule has 0 aromatic heterocycles. The Labute approximate surface area is 153 Å². The zero-order chi connectivity index (χ0) is 18.1. The quantitative estimate of drug-likeness (QED) is 0.831. The van der Waals surface area contributed by atoms with Crippen LogP contribution in [0.4, 0.5) is 5.69 Å². The number of rotatable bonds is 3. The lowest BCUT2D eigenvalue weighted by molar-refractivity contribution is 0.0600. The first-order chi connectivity index (χ1) is 12.7. The van der Waals surface area contributed by atoms with Gasteiger partial charge in [0, 0.05) is 11.3 Å². The minimum atomic E-state index is -0.383.